The number of carbonyl (C=O) groups is 2. The van der Waals surface area contributed by atoms with Gasteiger partial charge in [0, 0.05) is 18.5 Å². The second-order valence-corrected chi connectivity index (χ2v) is 5.13. The molecule has 1 aliphatic carbocycles. The number of nitrogens with one attached hydrogen (secondary N) is 1. The molecule has 3 rings (SSSR count). The molecule has 4 heteroatoms. The Hall–Kier alpha value is -2.49. The van der Waals surface area contributed by atoms with E-state index < -0.39 is 17.4 Å². The van der Waals surface area contributed by atoms with Gasteiger partial charge in [-0.1, -0.05) is 54.6 Å². The van der Waals surface area contributed by atoms with Gasteiger partial charge in [-0.15, -0.1) is 0 Å². The quantitative estimate of drug-likeness (QED) is 0.879. The van der Waals surface area contributed by atoms with Crippen molar-refractivity contribution in [1.29, 1.82) is 0 Å². The topological polar surface area (TPSA) is 46.2 Å². The fourth-order valence-corrected chi connectivity index (χ4v) is 2.55. The molecule has 3 nitrogen and oxygen atoms in total. The minimum Gasteiger partial charge on any atom is -0.349 e. The fraction of sp³-hybridized carbons (Fsp3) is 0.176. The van der Waals surface area contributed by atoms with Gasteiger partial charge in [-0.2, -0.15) is 0 Å². The first-order valence-corrected chi connectivity index (χ1v) is 6.75. The van der Waals surface area contributed by atoms with Crippen LogP contribution in [0.2, 0.25) is 0 Å². The Bertz CT molecular complexity index is 699. The van der Waals surface area contributed by atoms with Crippen molar-refractivity contribution in [3.8, 4) is 0 Å². The van der Waals surface area contributed by atoms with E-state index >= 15 is 0 Å². The molecule has 1 N–H and O–H groups in total. The average Bonchev–Trinajstić information content (AvgIpc) is 2.79. The highest BCUT2D eigenvalue weighted by molar-refractivity contribution is 6.20. The van der Waals surface area contributed by atoms with E-state index in [9.17, 15) is 14.0 Å². The molecule has 2 aromatic carbocycles. The van der Waals surface area contributed by atoms with Crippen molar-refractivity contribution in [3.05, 3.63) is 71.3 Å². The van der Waals surface area contributed by atoms with Gasteiger partial charge >= 0.3 is 0 Å². The Kier molecular flexibility index (Phi) is 3.29. The number of rotatable bonds is 3. The lowest BCUT2D eigenvalue weighted by molar-refractivity contribution is -0.129. The predicted molar refractivity (Wildman–Crippen MR) is 76.6 cm³/mol. The largest absolute Gasteiger partial charge is 0.349 e. The van der Waals surface area contributed by atoms with Crippen LogP contribution < -0.4 is 5.32 Å². The number of fused-ring (bicyclic) bond motifs is 1. The normalized spacial score (nSPS) is 20.1. The van der Waals surface area contributed by atoms with E-state index in [0.717, 1.165) is 5.56 Å². The molecule has 0 heterocycles. The summed E-state index contributed by atoms with van der Waals surface area (Å²) in [4.78, 5) is 24.2. The summed E-state index contributed by atoms with van der Waals surface area (Å²) in [5, 5.41) is 2.51. The van der Waals surface area contributed by atoms with Crippen LogP contribution in [0.15, 0.2) is 54.6 Å². The molecular formula is C17H14FNO2. The van der Waals surface area contributed by atoms with Crippen molar-refractivity contribution in [2.24, 2.45) is 0 Å². The van der Waals surface area contributed by atoms with Crippen LogP contribution in [0.3, 0.4) is 0 Å². The lowest BCUT2D eigenvalue weighted by Crippen LogP contribution is -2.47. The van der Waals surface area contributed by atoms with Gasteiger partial charge in [0.2, 0.25) is 5.78 Å². The van der Waals surface area contributed by atoms with E-state index in [1.807, 2.05) is 30.3 Å². The van der Waals surface area contributed by atoms with Crippen molar-refractivity contribution < 1.29 is 14.0 Å². The lowest BCUT2D eigenvalue weighted by atomic mass is 10.00. The molecule has 0 saturated heterocycles. The zero-order valence-corrected chi connectivity index (χ0v) is 11.3. The van der Waals surface area contributed by atoms with Crippen LogP contribution in [0.25, 0.3) is 0 Å². The number of halogens is 1. The maximum atomic E-state index is 14.8. The van der Waals surface area contributed by atoms with Gasteiger partial charge in [0.15, 0.2) is 0 Å². The van der Waals surface area contributed by atoms with E-state index in [1.165, 1.54) is 0 Å². The molecule has 0 radical (unpaired) electrons. The van der Waals surface area contributed by atoms with Crippen molar-refractivity contribution in [3.63, 3.8) is 0 Å². The van der Waals surface area contributed by atoms with Crippen LogP contribution in [0.1, 0.15) is 21.5 Å². The summed E-state index contributed by atoms with van der Waals surface area (Å²) in [7, 11) is 0. The minimum absolute atomic E-state index is 0.192. The third-order valence-corrected chi connectivity index (χ3v) is 3.71. The molecule has 1 aliphatic rings. The molecule has 0 unspecified atom stereocenters. The van der Waals surface area contributed by atoms with Crippen LogP contribution >= 0.6 is 0 Å². The monoisotopic (exact) mass is 283 g/mol. The van der Waals surface area contributed by atoms with E-state index in [0.29, 0.717) is 11.1 Å². The third kappa shape index (κ3) is 2.33. The Morgan fingerprint density at radius 2 is 1.76 bits per heavy atom. The van der Waals surface area contributed by atoms with Gasteiger partial charge in [0.05, 0.1) is 0 Å². The standard InChI is InChI=1S/C17H14FNO2/c18-17(10-13-8-4-5-9-14(13)15(17)20)16(21)19-11-12-6-2-1-3-7-12/h1-9H,10-11H2,(H,19,21)/t17-/m1/s1. The van der Waals surface area contributed by atoms with Crippen molar-refractivity contribution in [1.82, 2.24) is 5.32 Å². The summed E-state index contributed by atoms with van der Waals surface area (Å²) in [5.74, 6) is -1.61. The molecule has 0 fully saturated rings. The summed E-state index contributed by atoms with van der Waals surface area (Å²) in [5.41, 5.74) is -0.745. The fourth-order valence-electron chi connectivity index (χ4n) is 2.55. The summed E-state index contributed by atoms with van der Waals surface area (Å²) >= 11 is 0. The number of benzene rings is 2. The summed E-state index contributed by atoms with van der Waals surface area (Å²) < 4.78 is 14.8. The number of hydrogen-bond acceptors (Lipinski definition) is 2. The molecule has 0 aromatic heterocycles. The van der Waals surface area contributed by atoms with E-state index in [4.69, 9.17) is 0 Å². The van der Waals surface area contributed by atoms with Gasteiger partial charge in [-0.3, -0.25) is 9.59 Å². The van der Waals surface area contributed by atoms with E-state index in [2.05, 4.69) is 5.32 Å². The highest BCUT2D eigenvalue weighted by Gasteiger charge is 2.52. The molecule has 2 aromatic rings. The molecule has 0 saturated carbocycles. The Morgan fingerprint density at radius 1 is 1.10 bits per heavy atom. The highest BCUT2D eigenvalue weighted by atomic mass is 19.1. The van der Waals surface area contributed by atoms with Crippen molar-refractivity contribution in [2.45, 2.75) is 18.6 Å². The first-order chi connectivity index (χ1) is 10.1. The Balaban J connectivity index is 1.75. The zero-order chi connectivity index (χ0) is 14.9. The maximum absolute atomic E-state index is 14.8. The molecule has 1 amide bonds. The third-order valence-electron chi connectivity index (χ3n) is 3.71. The van der Waals surface area contributed by atoms with E-state index in [1.54, 1.807) is 24.3 Å². The Morgan fingerprint density at radius 3 is 2.48 bits per heavy atom. The number of Topliss-reactive ketones (excluding diaryl/α,β-unsaturated/α-hetero) is 1. The van der Waals surface area contributed by atoms with Crippen molar-refractivity contribution in [2.75, 3.05) is 0 Å². The molecule has 0 spiro atoms. The minimum atomic E-state index is -2.49. The van der Waals surface area contributed by atoms with Gasteiger partial charge in [0.25, 0.3) is 11.6 Å². The number of hydrogen-bond donors (Lipinski definition) is 1. The van der Waals surface area contributed by atoms with E-state index in [-0.39, 0.29) is 13.0 Å². The average molecular weight is 283 g/mol. The van der Waals surface area contributed by atoms with Gasteiger partial charge in [0.1, 0.15) is 0 Å². The molecule has 0 aliphatic heterocycles. The van der Waals surface area contributed by atoms with Crippen LogP contribution in [-0.2, 0) is 17.8 Å². The second kappa shape index (κ2) is 5.13. The molecular weight excluding hydrogens is 269 g/mol. The van der Waals surface area contributed by atoms with Crippen molar-refractivity contribution >= 4 is 11.7 Å². The molecule has 0 bridgehead atoms. The number of ketones is 1. The predicted octanol–water partition coefficient (Wildman–Crippen LogP) is 2.45. The van der Waals surface area contributed by atoms with Crippen LogP contribution in [0.5, 0.6) is 0 Å². The first-order valence-electron chi connectivity index (χ1n) is 6.75. The van der Waals surface area contributed by atoms with Crippen LogP contribution in [0.4, 0.5) is 4.39 Å². The van der Waals surface area contributed by atoms with Gasteiger partial charge in [-0.25, -0.2) is 4.39 Å². The van der Waals surface area contributed by atoms with Crippen LogP contribution in [-0.4, -0.2) is 17.4 Å². The van der Waals surface area contributed by atoms with Gasteiger partial charge < -0.3 is 5.32 Å². The van der Waals surface area contributed by atoms with Crippen LogP contribution in [0, 0.1) is 0 Å². The number of alkyl halides is 1. The smallest absolute Gasteiger partial charge is 0.266 e. The lowest BCUT2D eigenvalue weighted by Gasteiger charge is -2.17. The summed E-state index contributed by atoms with van der Waals surface area (Å²) in [6.07, 6.45) is -0.192. The number of carbonyl (C=O) groups excluding carboxylic acids is 2. The van der Waals surface area contributed by atoms with Gasteiger partial charge in [-0.05, 0) is 11.1 Å². The molecule has 1 atom stereocenters. The molecule has 106 valence electrons. The maximum Gasteiger partial charge on any atom is 0.266 e. The summed E-state index contributed by atoms with van der Waals surface area (Å²) in [6.45, 7) is 0.203. The first kappa shape index (κ1) is 13.5. The Labute approximate surface area is 121 Å². The number of amides is 1. The second-order valence-electron chi connectivity index (χ2n) is 5.13. The SMILES string of the molecule is O=C(NCc1ccccc1)[C@@]1(F)Cc2ccccc2C1=O. The highest BCUT2D eigenvalue weighted by Crippen LogP contribution is 2.33. The summed E-state index contributed by atoms with van der Waals surface area (Å²) in [6, 6.07) is 15.8. The zero-order valence-electron chi connectivity index (χ0n) is 11.3. The molecule has 21 heavy (non-hydrogen) atoms.